The van der Waals surface area contributed by atoms with E-state index >= 15 is 0 Å². The van der Waals surface area contributed by atoms with Crippen LogP contribution in [0, 0.1) is 12.8 Å². The highest BCUT2D eigenvalue weighted by Crippen LogP contribution is 2.34. The Morgan fingerprint density at radius 2 is 1.31 bits per heavy atom. The molecule has 0 fully saturated rings. The minimum atomic E-state index is -0.498. The van der Waals surface area contributed by atoms with Crippen molar-refractivity contribution in [3.05, 3.63) is 95.1 Å². The van der Waals surface area contributed by atoms with E-state index in [1.54, 1.807) is 54.6 Å². The van der Waals surface area contributed by atoms with Crippen LogP contribution in [0.2, 0.25) is 0 Å². The topological polar surface area (TPSA) is 52.6 Å². The van der Waals surface area contributed by atoms with Crippen LogP contribution < -0.4 is 9.47 Å². The number of benzene rings is 3. The quantitative estimate of drug-likeness (QED) is 0.405. The molecule has 0 aromatic heterocycles. The van der Waals surface area contributed by atoms with E-state index in [4.69, 9.17) is 9.47 Å². The fourth-order valence-corrected chi connectivity index (χ4v) is 3.07. The number of aryl methyl sites for hydroxylation is 1. The van der Waals surface area contributed by atoms with Crippen molar-refractivity contribution in [3.8, 4) is 11.5 Å². The molecule has 3 aromatic carbocycles. The van der Waals surface area contributed by atoms with Crippen LogP contribution in [0.15, 0.2) is 72.8 Å². The Kier molecular flexibility index (Phi) is 6.45. The maximum atomic E-state index is 12.6. The Hall–Kier alpha value is -3.40. The summed E-state index contributed by atoms with van der Waals surface area (Å²) < 4.78 is 11.3. The molecule has 4 heteroatoms. The fourth-order valence-electron chi connectivity index (χ4n) is 3.07. The van der Waals surface area contributed by atoms with Gasteiger partial charge in [-0.3, -0.25) is 0 Å². The van der Waals surface area contributed by atoms with Gasteiger partial charge in [-0.15, -0.1) is 0 Å². The zero-order valence-corrected chi connectivity index (χ0v) is 16.8. The molecule has 148 valence electrons. The normalized spacial score (nSPS) is 10.6. The molecule has 0 aliphatic heterocycles. The van der Waals surface area contributed by atoms with Gasteiger partial charge in [0.15, 0.2) is 11.5 Å². The van der Waals surface area contributed by atoms with Crippen molar-refractivity contribution in [1.29, 1.82) is 0 Å². The highest BCUT2D eigenvalue weighted by atomic mass is 16.6. The first-order valence-corrected chi connectivity index (χ1v) is 9.62. The third-order valence-corrected chi connectivity index (χ3v) is 4.36. The van der Waals surface area contributed by atoms with Crippen LogP contribution in [0.1, 0.15) is 45.7 Å². The molecule has 0 amide bonds. The number of hydrogen-bond acceptors (Lipinski definition) is 4. The van der Waals surface area contributed by atoms with Gasteiger partial charge in [0.05, 0.1) is 11.1 Å². The van der Waals surface area contributed by atoms with Crippen LogP contribution in [-0.2, 0) is 6.42 Å². The van der Waals surface area contributed by atoms with Gasteiger partial charge >= 0.3 is 11.9 Å². The molecule has 29 heavy (non-hydrogen) atoms. The van der Waals surface area contributed by atoms with E-state index in [0.717, 1.165) is 17.5 Å². The van der Waals surface area contributed by atoms with E-state index in [-0.39, 0.29) is 11.5 Å². The zero-order chi connectivity index (χ0) is 20.8. The molecule has 0 aliphatic rings. The molecular formula is C25H24O4. The van der Waals surface area contributed by atoms with Crippen molar-refractivity contribution in [2.24, 2.45) is 5.92 Å². The molecule has 0 unspecified atom stereocenters. The van der Waals surface area contributed by atoms with Gasteiger partial charge in [0.2, 0.25) is 0 Å². The van der Waals surface area contributed by atoms with Gasteiger partial charge < -0.3 is 9.47 Å². The smallest absolute Gasteiger partial charge is 0.343 e. The van der Waals surface area contributed by atoms with Crippen LogP contribution in [0.5, 0.6) is 11.5 Å². The first-order chi connectivity index (χ1) is 13.9. The van der Waals surface area contributed by atoms with Gasteiger partial charge in [-0.2, -0.15) is 0 Å². The van der Waals surface area contributed by atoms with Crippen molar-refractivity contribution < 1.29 is 19.1 Å². The number of hydrogen-bond donors (Lipinski definition) is 0. The van der Waals surface area contributed by atoms with Crippen LogP contribution >= 0.6 is 0 Å². The lowest BCUT2D eigenvalue weighted by Crippen LogP contribution is -2.14. The predicted octanol–water partition coefficient (Wildman–Crippen LogP) is 5.63. The lowest BCUT2D eigenvalue weighted by molar-refractivity contribution is 0.0681. The second-order valence-corrected chi connectivity index (χ2v) is 7.35. The SMILES string of the molecule is Cc1cc(CC(C)C)cc(OC(=O)c2ccccc2)c1OC(=O)c1ccccc1. The zero-order valence-electron chi connectivity index (χ0n) is 16.8. The molecular weight excluding hydrogens is 364 g/mol. The number of ether oxygens (including phenoxy) is 2. The maximum Gasteiger partial charge on any atom is 0.343 e. The summed E-state index contributed by atoms with van der Waals surface area (Å²) >= 11 is 0. The molecule has 0 saturated heterocycles. The average molecular weight is 388 g/mol. The first-order valence-electron chi connectivity index (χ1n) is 9.62. The Balaban J connectivity index is 1.95. The second-order valence-electron chi connectivity index (χ2n) is 7.35. The summed E-state index contributed by atoms with van der Waals surface area (Å²) in [4.78, 5) is 25.2. The summed E-state index contributed by atoms with van der Waals surface area (Å²) in [5.41, 5.74) is 2.62. The van der Waals surface area contributed by atoms with Crippen LogP contribution in [0.3, 0.4) is 0 Å². The molecule has 0 bridgehead atoms. The van der Waals surface area contributed by atoms with Gasteiger partial charge in [0, 0.05) is 0 Å². The van der Waals surface area contributed by atoms with Gasteiger partial charge in [0.1, 0.15) is 0 Å². The van der Waals surface area contributed by atoms with E-state index in [2.05, 4.69) is 13.8 Å². The van der Waals surface area contributed by atoms with Gasteiger partial charge in [-0.1, -0.05) is 56.3 Å². The van der Waals surface area contributed by atoms with Crippen LogP contribution in [0.4, 0.5) is 0 Å². The summed E-state index contributed by atoms with van der Waals surface area (Å²) in [6, 6.07) is 21.2. The molecule has 0 N–H and O–H groups in total. The van der Waals surface area contributed by atoms with Crippen LogP contribution in [0.25, 0.3) is 0 Å². The molecule has 0 saturated carbocycles. The molecule has 0 radical (unpaired) electrons. The average Bonchev–Trinajstić information content (AvgIpc) is 2.71. The molecule has 0 spiro atoms. The van der Waals surface area contributed by atoms with E-state index in [1.165, 1.54) is 0 Å². The van der Waals surface area contributed by atoms with E-state index in [0.29, 0.717) is 17.0 Å². The van der Waals surface area contributed by atoms with Gasteiger partial charge in [-0.05, 0) is 60.7 Å². The summed E-state index contributed by atoms with van der Waals surface area (Å²) in [5, 5.41) is 0. The Labute approximate surface area is 171 Å². The number of rotatable bonds is 6. The Morgan fingerprint density at radius 1 is 0.793 bits per heavy atom. The lowest BCUT2D eigenvalue weighted by atomic mass is 10.0. The number of esters is 2. The Morgan fingerprint density at radius 3 is 1.83 bits per heavy atom. The largest absolute Gasteiger partial charge is 0.419 e. The standard InChI is InChI=1S/C25H24O4/c1-17(2)14-19-15-18(3)23(29-25(27)21-12-8-5-9-13-21)22(16-19)28-24(26)20-10-6-4-7-11-20/h4-13,15-17H,14H2,1-3H3. The van der Waals surface area contributed by atoms with Crippen molar-refractivity contribution >= 4 is 11.9 Å². The van der Waals surface area contributed by atoms with E-state index in [1.807, 2.05) is 25.1 Å². The van der Waals surface area contributed by atoms with E-state index < -0.39 is 11.9 Å². The summed E-state index contributed by atoms with van der Waals surface area (Å²) in [6.07, 6.45) is 0.823. The Bertz CT molecular complexity index is 992. The van der Waals surface area contributed by atoms with Gasteiger partial charge in [0.25, 0.3) is 0 Å². The fraction of sp³-hybridized carbons (Fsp3) is 0.200. The lowest BCUT2D eigenvalue weighted by Gasteiger charge is -2.16. The van der Waals surface area contributed by atoms with E-state index in [9.17, 15) is 9.59 Å². The number of carbonyl (C=O) groups excluding carboxylic acids is 2. The molecule has 4 nitrogen and oxygen atoms in total. The minimum absolute atomic E-state index is 0.249. The van der Waals surface area contributed by atoms with Crippen molar-refractivity contribution in [2.75, 3.05) is 0 Å². The monoisotopic (exact) mass is 388 g/mol. The third kappa shape index (κ3) is 5.32. The van der Waals surface area contributed by atoms with Crippen LogP contribution in [-0.4, -0.2) is 11.9 Å². The predicted molar refractivity (Wildman–Crippen MR) is 113 cm³/mol. The molecule has 3 rings (SSSR count). The second kappa shape index (κ2) is 9.20. The first kappa shape index (κ1) is 20.3. The van der Waals surface area contributed by atoms with Gasteiger partial charge in [-0.25, -0.2) is 9.59 Å². The molecule has 3 aromatic rings. The highest BCUT2D eigenvalue weighted by molar-refractivity contribution is 5.93. The number of carbonyl (C=O) groups is 2. The molecule has 0 heterocycles. The summed E-state index contributed by atoms with van der Waals surface area (Å²) in [7, 11) is 0. The van der Waals surface area contributed by atoms with Crippen molar-refractivity contribution in [1.82, 2.24) is 0 Å². The minimum Gasteiger partial charge on any atom is -0.419 e. The third-order valence-electron chi connectivity index (χ3n) is 4.36. The summed E-state index contributed by atoms with van der Waals surface area (Å²) in [6.45, 7) is 6.08. The molecule has 0 aliphatic carbocycles. The molecule has 0 atom stereocenters. The summed E-state index contributed by atoms with van der Waals surface area (Å²) in [5.74, 6) is -0.0507. The van der Waals surface area contributed by atoms with Crippen molar-refractivity contribution in [2.45, 2.75) is 27.2 Å². The highest BCUT2D eigenvalue weighted by Gasteiger charge is 2.19. The maximum absolute atomic E-state index is 12.6. The van der Waals surface area contributed by atoms with Crippen molar-refractivity contribution in [3.63, 3.8) is 0 Å².